The van der Waals surface area contributed by atoms with Crippen molar-refractivity contribution in [2.24, 2.45) is 0 Å². The average Bonchev–Trinajstić information content (AvgIpc) is 2.93. The normalized spacial score (nSPS) is 22.8. The number of aldehydes is 1. The zero-order valence-corrected chi connectivity index (χ0v) is 11.2. The number of carbonyl (C=O) groups excluding carboxylic acids is 1. The second kappa shape index (κ2) is 5.57. The summed E-state index contributed by atoms with van der Waals surface area (Å²) in [4.78, 5) is 17.5. The highest BCUT2D eigenvalue weighted by Gasteiger charge is 2.43. The fourth-order valence-corrected chi connectivity index (χ4v) is 2.69. The third-order valence-electron chi connectivity index (χ3n) is 3.81. The topological polar surface area (TPSA) is 29.5 Å². The summed E-state index contributed by atoms with van der Waals surface area (Å²) in [6.45, 7) is 1.18. The average molecular weight is 267 g/mol. The summed E-state index contributed by atoms with van der Waals surface area (Å²) in [7, 11) is 0. The zero-order valence-electron chi connectivity index (χ0n) is 11.2. The molecule has 1 atom stereocenters. The summed E-state index contributed by atoms with van der Waals surface area (Å²) in [6, 6.07) is 19.9. The SMILES string of the molecule is O=C[C@]1(c2ccccc2)CCON1Cc1ccccc1. The molecule has 0 bridgehead atoms. The smallest absolute Gasteiger partial charge is 0.147 e. The Kier molecular flexibility index (Phi) is 3.63. The number of nitrogens with zero attached hydrogens (tertiary/aromatic N) is 1. The second-order valence-corrected chi connectivity index (χ2v) is 5.01. The van der Waals surface area contributed by atoms with Gasteiger partial charge < -0.3 is 4.79 Å². The Morgan fingerprint density at radius 3 is 2.35 bits per heavy atom. The van der Waals surface area contributed by atoms with E-state index in [4.69, 9.17) is 4.84 Å². The standard InChI is InChI=1S/C17H17NO2/c19-14-17(16-9-5-2-6-10-16)11-12-20-18(17)13-15-7-3-1-4-8-15/h1-10,14H,11-13H2/t17-/m0/s1. The van der Waals surface area contributed by atoms with Crippen LogP contribution in [-0.4, -0.2) is 18.0 Å². The molecule has 3 nitrogen and oxygen atoms in total. The second-order valence-electron chi connectivity index (χ2n) is 5.01. The van der Waals surface area contributed by atoms with Gasteiger partial charge in [-0.05, 0) is 11.1 Å². The maximum absolute atomic E-state index is 11.8. The van der Waals surface area contributed by atoms with Crippen molar-refractivity contribution in [3.8, 4) is 0 Å². The lowest BCUT2D eigenvalue weighted by molar-refractivity contribution is -0.175. The Hall–Kier alpha value is -1.97. The van der Waals surface area contributed by atoms with Crippen LogP contribution in [0.4, 0.5) is 0 Å². The summed E-state index contributed by atoms with van der Waals surface area (Å²) in [5.74, 6) is 0. The van der Waals surface area contributed by atoms with E-state index in [1.807, 2.05) is 65.7 Å². The first-order chi connectivity index (χ1) is 9.85. The van der Waals surface area contributed by atoms with Gasteiger partial charge in [-0.2, -0.15) is 5.06 Å². The van der Waals surface area contributed by atoms with Crippen LogP contribution in [0, 0.1) is 0 Å². The molecule has 0 N–H and O–H groups in total. The summed E-state index contributed by atoms with van der Waals surface area (Å²) in [5.41, 5.74) is 1.46. The van der Waals surface area contributed by atoms with Crippen molar-refractivity contribution in [3.05, 3.63) is 71.8 Å². The Morgan fingerprint density at radius 1 is 1.05 bits per heavy atom. The Balaban J connectivity index is 1.92. The summed E-state index contributed by atoms with van der Waals surface area (Å²) < 4.78 is 0. The van der Waals surface area contributed by atoms with Gasteiger partial charge in [0.1, 0.15) is 11.8 Å². The van der Waals surface area contributed by atoms with Crippen molar-refractivity contribution in [3.63, 3.8) is 0 Å². The van der Waals surface area contributed by atoms with Crippen LogP contribution in [0.25, 0.3) is 0 Å². The number of hydrogen-bond acceptors (Lipinski definition) is 3. The summed E-state index contributed by atoms with van der Waals surface area (Å²) >= 11 is 0. The van der Waals surface area contributed by atoms with Gasteiger partial charge in [-0.1, -0.05) is 60.7 Å². The molecule has 0 aromatic heterocycles. The van der Waals surface area contributed by atoms with Crippen LogP contribution >= 0.6 is 0 Å². The third kappa shape index (κ3) is 2.26. The molecule has 1 heterocycles. The molecule has 0 spiro atoms. The van der Waals surface area contributed by atoms with Crippen LogP contribution in [0.2, 0.25) is 0 Å². The molecule has 102 valence electrons. The largest absolute Gasteiger partial charge is 0.301 e. The molecule has 1 fully saturated rings. The third-order valence-corrected chi connectivity index (χ3v) is 3.81. The van der Waals surface area contributed by atoms with Crippen LogP contribution in [0.3, 0.4) is 0 Å². The van der Waals surface area contributed by atoms with Gasteiger partial charge in [-0.25, -0.2) is 0 Å². The molecule has 1 aliphatic rings. The zero-order chi connectivity index (χ0) is 13.8. The minimum atomic E-state index is -0.670. The lowest BCUT2D eigenvalue weighted by Crippen LogP contribution is -2.41. The van der Waals surface area contributed by atoms with Gasteiger partial charge in [-0.3, -0.25) is 4.84 Å². The molecular formula is C17H17NO2. The fourth-order valence-electron chi connectivity index (χ4n) is 2.69. The maximum atomic E-state index is 11.8. The van der Waals surface area contributed by atoms with E-state index in [9.17, 15) is 4.79 Å². The van der Waals surface area contributed by atoms with E-state index in [0.717, 1.165) is 17.4 Å². The predicted molar refractivity (Wildman–Crippen MR) is 76.7 cm³/mol. The van der Waals surface area contributed by atoms with Crippen molar-refractivity contribution in [2.45, 2.75) is 18.5 Å². The highest BCUT2D eigenvalue weighted by Crippen LogP contribution is 2.36. The van der Waals surface area contributed by atoms with Gasteiger partial charge in [0.05, 0.1) is 13.2 Å². The molecule has 1 saturated heterocycles. The number of hydrogen-bond donors (Lipinski definition) is 0. The molecule has 20 heavy (non-hydrogen) atoms. The molecule has 0 amide bonds. The summed E-state index contributed by atoms with van der Waals surface area (Å²) in [5, 5.41) is 1.81. The first-order valence-electron chi connectivity index (χ1n) is 6.81. The highest BCUT2D eigenvalue weighted by molar-refractivity contribution is 5.68. The molecule has 2 aromatic rings. The lowest BCUT2D eigenvalue weighted by atomic mass is 9.88. The van der Waals surface area contributed by atoms with Crippen LogP contribution in [0.1, 0.15) is 17.5 Å². The number of carbonyl (C=O) groups is 1. The molecule has 2 aromatic carbocycles. The van der Waals surface area contributed by atoms with E-state index in [1.165, 1.54) is 0 Å². The van der Waals surface area contributed by atoms with Crippen LogP contribution < -0.4 is 0 Å². The molecule has 0 saturated carbocycles. The number of benzene rings is 2. The first-order valence-corrected chi connectivity index (χ1v) is 6.81. The Bertz CT molecular complexity index is 570. The van der Waals surface area contributed by atoms with E-state index < -0.39 is 5.54 Å². The van der Waals surface area contributed by atoms with E-state index in [0.29, 0.717) is 19.6 Å². The van der Waals surface area contributed by atoms with E-state index >= 15 is 0 Å². The highest BCUT2D eigenvalue weighted by atomic mass is 16.7. The van der Waals surface area contributed by atoms with Crippen molar-refractivity contribution in [1.29, 1.82) is 0 Å². The van der Waals surface area contributed by atoms with Gasteiger partial charge in [-0.15, -0.1) is 0 Å². The molecule has 0 radical (unpaired) electrons. The summed E-state index contributed by atoms with van der Waals surface area (Å²) in [6.07, 6.45) is 1.70. The minimum absolute atomic E-state index is 0.570. The van der Waals surface area contributed by atoms with Gasteiger partial charge in [0.15, 0.2) is 0 Å². The molecular weight excluding hydrogens is 250 g/mol. The lowest BCUT2D eigenvalue weighted by Gasteiger charge is -2.32. The van der Waals surface area contributed by atoms with Crippen LogP contribution in [-0.2, 0) is 21.7 Å². The monoisotopic (exact) mass is 267 g/mol. The Morgan fingerprint density at radius 2 is 1.70 bits per heavy atom. The van der Waals surface area contributed by atoms with Gasteiger partial charge >= 0.3 is 0 Å². The molecule has 1 aliphatic heterocycles. The molecule has 0 aliphatic carbocycles. The maximum Gasteiger partial charge on any atom is 0.147 e. The first kappa shape index (κ1) is 13.0. The van der Waals surface area contributed by atoms with Crippen molar-refractivity contribution >= 4 is 6.29 Å². The predicted octanol–water partition coefficient (Wildman–Crippen LogP) is 2.92. The van der Waals surface area contributed by atoms with Gasteiger partial charge in [0.2, 0.25) is 0 Å². The minimum Gasteiger partial charge on any atom is -0.301 e. The van der Waals surface area contributed by atoms with Crippen molar-refractivity contribution < 1.29 is 9.63 Å². The Labute approximate surface area is 118 Å². The molecule has 0 unspecified atom stereocenters. The quantitative estimate of drug-likeness (QED) is 0.798. The van der Waals surface area contributed by atoms with E-state index in [1.54, 1.807) is 0 Å². The molecule has 3 heteroatoms. The van der Waals surface area contributed by atoms with Crippen LogP contribution in [0.15, 0.2) is 60.7 Å². The van der Waals surface area contributed by atoms with E-state index in [-0.39, 0.29) is 0 Å². The number of rotatable bonds is 4. The number of hydroxylamine groups is 2. The molecule has 3 rings (SSSR count). The fraction of sp³-hybridized carbons (Fsp3) is 0.235. The van der Waals surface area contributed by atoms with E-state index in [2.05, 4.69) is 0 Å². The van der Waals surface area contributed by atoms with Crippen molar-refractivity contribution in [2.75, 3.05) is 6.61 Å². The van der Waals surface area contributed by atoms with Gasteiger partial charge in [0, 0.05) is 6.42 Å². The van der Waals surface area contributed by atoms with Crippen LogP contribution in [0.5, 0.6) is 0 Å². The van der Waals surface area contributed by atoms with Gasteiger partial charge in [0.25, 0.3) is 0 Å². The van der Waals surface area contributed by atoms with Crippen molar-refractivity contribution in [1.82, 2.24) is 5.06 Å².